The lowest BCUT2D eigenvalue weighted by molar-refractivity contribution is -0.127. The standard InChI is InChI=1S/C20H17BrFN3O2/c21-15-12-23-25(13-15)17-7-5-14(11-16(17)22)6-8-20(26)24-9-1-3-18(24)19-4-2-10-27-19/h2,4-8,10-13,18H,1,3,9H2/b8-6+. The predicted octanol–water partition coefficient (Wildman–Crippen LogP) is 4.74. The molecule has 4 rings (SSSR count). The molecular weight excluding hydrogens is 413 g/mol. The maximum atomic E-state index is 14.4. The van der Waals surface area contributed by atoms with E-state index < -0.39 is 5.82 Å². The molecule has 1 saturated heterocycles. The van der Waals surface area contributed by atoms with Gasteiger partial charge in [-0.25, -0.2) is 9.07 Å². The van der Waals surface area contributed by atoms with Gasteiger partial charge in [-0.05, 0) is 64.7 Å². The third kappa shape index (κ3) is 3.73. The molecular formula is C20H17BrFN3O2. The Labute approximate surface area is 164 Å². The van der Waals surface area contributed by atoms with Crippen LogP contribution < -0.4 is 0 Å². The zero-order valence-electron chi connectivity index (χ0n) is 14.4. The molecule has 2 aromatic heterocycles. The van der Waals surface area contributed by atoms with E-state index in [9.17, 15) is 9.18 Å². The molecule has 1 atom stereocenters. The lowest BCUT2D eigenvalue weighted by Gasteiger charge is -2.21. The molecule has 1 aromatic carbocycles. The van der Waals surface area contributed by atoms with Crippen molar-refractivity contribution < 1.29 is 13.6 Å². The van der Waals surface area contributed by atoms with Crippen molar-refractivity contribution in [2.24, 2.45) is 0 Å². The Morgan fingerprint density at radius 3 is 2.96 bits per heavy atom. The third-order valence-electron chi connectivity index (χ3n) is 4.60. The zero-order valence-corrected chi connectivity index (χ0v) is 16.0. The zero-order chi connectivity index (χ0) is 18.8. The van der Waals surface area contributed by atoms with E-state index in [0.717, 1.165) is 23.1 Å². The molecule has 0 saturated carbocycles. The summed E-state index contributed by atoms with van der Waals surface area (Å²) in [5.74, 6) is 0.291. The summed E-state index contributed by atoms with van der Waals surface area (Å²) in [6.45, 7) is 0.690. The van der Waals surface area contributed by atoms with Crippen LogP contribution >= 0.6 is 15.9 Å². The van der Waals surface area contributed by atoms with Crippen molar-refractivity contribution in [3.63, 3.8) is 0 Å². The van der Waals surface area contributed by atoms with E-state index in [2.05, 4.69) is 21.0 Å². The maximum absolute atomic E-state index is 14.4. The fourth-order valence-electron chi connectivity index (χ4n) is 3.32. The van der Waals surface area contributed by atoms with Gasteiger partial charge in [0.25, 0.3) is 0 Å². The first-order valence-electron chi connectivity index (χ1n) is 8.64. The Balaban J connectivity index is 1.49. The second-order valence-corrected chi connectivity index (χ2v) is 7.27. The van der Waals surface area contributed by atoms with Crippen LogP contribution in [0.15, 0.2) is 64.0 Å². The first-order chi connectivity index (χ1) is 13.1. The highest BCUT2D eigenvalue weighted by atomic mass is 79.9. The molecule has 0 radical (unpaired) electrons. The van der Waals surface area contributed by atoms with Crippen molar-refractivity contribution >= 4 is 27.9 Å². The van der Waals surface area contributed by atoms with E-state index in [1.165, 1.54) is 16.8 Å². The number of halogens is 2. The van der Waals surface area contributed by atoms with Gasteiger partial charge < -0.3 is 9.32 Å². The molecule has 1 unspecified atom stereocenters. The number of benzene rings is 1. The summed E-state index contributed by atoms with van der Waals surface area (Å²) in [5.41, 5.74) is 0.964. The molecule has 1 amide bonds. The van der Waals surface area contributed by atoms with Gasteiger partial charge in [0.1, 0.15) is 17.3 Å². The van der Waals surface area contributed by atoms with Gasteiger partial charge in [-0.2, -0.15) is 5.10 Å². The second kappa shape index (κ2) is 7.52. The summed E-state index contributed by atoms with van der Waals surface area (Å²) in [4.78, 5) is 14.4. The molecule has 7 heteroatoms. The number of likely N-dealkylation sites (tertiary alicyclic amines) is 1. The summed E-state index contributed by atoms with van der Waals surface area (Å²) in [6, 6.07) is 8.47. The van der Waals surface area contributed by atoms with Crippen LogP contribution in [-0.4, -0.2) is 27.1 Å². The van der Waals surface area contributed by atoms with Gasteiger partial charge in [0.05, 0.1) is 23.0 Å². The highest BCUT2D eigenvalue weighted by Crippen LogP contribution is 2.32. The topological polar surface area (TPSA) is 51.3 Å². The van der Waals surface area contributed by atoms with Gasteiger partial charge in [-0.15, -0.1) is 0 Å². The van der Waals surface area contributed by atoms with Crippen molar-refractivity contribution in [2.75, 3.05) is 6.54 Å². The normalized spacial score (nSPS) is 17.1. The summed E-state index contributed by atoms with van der Waals surface area (Å²) >= 11 is 3.29. The molecule has 5 nitrogen and oxygen atoms in total. The van der Waals surface area contributed by atoms with E-state index >= 15 is 0 Å². The summed E-state index contributed by atoms with van der Waals surface area (Å²) in [7, 11) is 0. The van der Waals surface area contributed by atoms with Crippen LogP contribution in [0.1, 0.15) is 30.2 Å². The fraction of sp³-hybridized carbons (Fsp3) is 0.200. The van der Waals surface area contributed by atoms with Crippen LogP contribution in [0, 0.1) is 5.82 Å². The van der Waals surface area contributed by atoms with Crippen molar-refractivity contribution in [3.05, 3.63) is 76.7 Å². The minimum Gasteiger partial charge on any atom is -0.467 e. The largest absolute Gasteiger partial charge is 0.467 e. The number of furan rings is 1. The monoisotopic (exact) mass is 429 g/mol. The minimum atomic E-state index is -0.408. The number of hydrogen-bond donors (Lipinski definition) is 0. The van der Waals surface area contributed by atoms with E-state index in [1.54, 1.807) is 41.8 Å². The van der Waals surface area contributed by atoms with E-state index in [-0.39, 0.29) is 11.9 Å². The Kier molecular flexibility index (Phi) is 4.94. The van der Waals surface area contributed by atoms with Crippen LogP contribution in [-0.2, 0) is 4.79 Å². The summed E-state index contributed by atoms with van der Waals surface area (Å²) < 4.78 is 22.1. The van der Waals surface area contributed by atoms with Crippen molar-refractivity contribution in [2.45, 2.75) is 18.9 Å². The van der Waals surface area contributed by atoms with Crippen molar-refractivity contribution in [3.8, 4) is 5.69 Å². The van der Waals surface area contributed by atoms with Gasteiger partial charge in [0.2, 0.25) is 5.91 Å². The highest BCUT2D eigenvalue weighted by molar-refractivity contribution is 9.10. The third-order valence-corrected chi connectivity index (χ3v) is 5.00. The van der Waals surface area contributed by atoms with Crippen LogP contribution in [0.2, 0.25) is 0 Å². The average Bonchev–Trinajstić information content (AvgIpc) is 3.40. The number of aromatic nitrogens is 2. The minimum absolute atomic E-state index is 0.0328. The van der Waals surface area contributed by atoms with Gasteiger partial charge in [-0.1, -0.05) is 6.07 Å². The molecule has 0 aliphatic carbocycles. The lowest BCUT2D eigenvalue weighted by Crippen LogP contribution is -2.28. The van der Waals surface area contributed by atoms with Crippen LogP contribution in [0.4, 0.5) is 4.39 Å². The molecule has 1 fully saturated rings. The average molecular weight is 430 g/mol. The smallest absolute Gasteiger partial charge is 0.247 e. The van der Waals surface area contributed by atoms with Gasteiger partial charge in [0.15, 0.2) is 0 Å². The Hall–Kier alpha value is -2.67. The molecule has 1 aliphatic rings. The predicted molar refractivity (Wildman–Crippen MR) is 103 cm³/mol. The molecule has 27 heavy (non-hydrogen) atoms. The first-order valence-corrected chi connectivity index (χ1v) is 9.43. The number of nitrogens with zero attached hydrogens (tertiary/aromatic N) is 3. The molecule has 3 heterocycles. The van der Waals surface area contributed by atoms with Crippen LogP contribution in [0.5, 0.6) is 0 Å². The van der Waals surface area contributed by atoms with Crippen molar-refractivity contribution in [1.82, 2.24) is 14.7 Å². The highest BCUT2D eigenvalue weighted by Gasteiger charge is 2.30. The lowest BCUT2D eigenvalue weighted by atomic mass is 10.1. The summed E-state index contributed by atoms with van der Waals surface area (Å²) in [6.07, 6.45) is 9.83. The second-order valence-electron chi connectivity index (χ2n) is 6.35. The Morgan fingerprint density at radius 1 is 1.37 bits per heavy atom. The molecule has 0 bridgehead atoms. The SMILES string of the molecule is O=C(/C=C/c1ccc(-n2cc(Br)cn2)c(F)c1)N1CCCC1c1ccco1. The Bertz CT molecular complexity index is 981. The number of carbonyl (C=O) groups excluding carboxylic acids is 1. The molecule has 138 valence electrons. The first kappa shape index (κ1) is 17.7. The van der Waals surface area contributed by atoms with Gasteiger partial charge >= 0.3 is 0 Å². The number of rotatable bonds is 4. The van der Waals surface area contributed by atoms with Crippen LogP contribution in [0.3, 0.4) is 0 Å². The number of carbonyl (C=O) groups is 1. The fourth-order valence-corrected chi connectivity index (χ4v) is 3.60. The number of amides is 1. The van der Waals surface area contributed by atoms with E-state index in [1.807, 2.05) is 12.1 Å². The van der Waals surface area contributed by atoms with Crippen molar-refractivity contribution in [1.29, 1.82) is 0 Å². The Morgan fingerprint density at radius 2 is 2.26 bits per heavy atom. The van der Waals surface area contributed by atoms with E-state index in [4.69, 9.17) is 4.42 Å². The molecule has 1 aliphatic heterocycles. The molecule has 0 N–H and O–H groups in total. The molecule has 3 aromatic rings. The van der Waals surface area contributed by atoms with E-state index in [0.29, 0.717) is 17.8 Å². The quantitative estimate of drug-likeness (QED) is 0.562. The molecule has 0 spiro atoms. The van der Waals surface area contributed by atoms with Gasteiger partial charge in [-0.3, -0.25) is 4.79 Å². The van der Waals surface area contributed by atoms with Gasteiger partial charge in [0, 0.05) is 18.8 Å². The number of hydrogen-bond acceptors (Lipinski definition) is 3. The van der Waals surface area contributed by atoms with Crippen LogP contribution in [0.25, 0.3) is 11.8 Å². The maximum Gasteiger partial charge on any atom is 0.247 e. The summed E-state index contributed by atoms with van der Waals surface area (Å²) in [5, 5.41) is 4.08.